The number of amides is 2. The Morgan fingerprint density at radius 1 is 1.28 bits per heavy atom. The Kier molecular flexibility index (Phi) is 6.99. The lowest BCUT2D eigenvalue weighted by atomic mass is 10.1. The normalized spacial score (nSPS) is 16.5. The molecule has 140 valence electrons. The highest BCUT2D eigenvalue weighted by molar-refractivity contribution is 5.79. The second kappa shape index (κ2) is 8.99. The molecule has 0 spiro atoms. The molecule has 2 amide bonds. The van der Waals surface area contributed by atoms with E-state index in [1.807, 2.05) is 38.8 Å². The van der Waals surface area contributed by atoms with Gasteiger partial charge >= 0.3 is 0 Å². The average Bonchev–Trinajstić information content (AvgIpc) is 3.26. The van der Waals surface area contributed by atoms with Crippen LogP contribution in [-0.4, -0.2) is 54.1 Å². The van der Waals surface area contributed by atoms with E-state index in [1.54, 1.807) is 0 Å². The minimum absolute atomic E-state index is 0.00146. The van der Waals surface area contributed by atoms with Crippen LogP contribution in [0.25, 0.3) is 0 Å². The number of hydrogen-bond donors (Lipinski definition) is 2. The monoisotopic (exact) mass is 350 g/mol. The average molecular weight is 350 g/mol. The number of nitrogens with zero attached hydrogens (tertiary/aromatic N) is 2. The lowest BCUT2D eigenvalue weighted by Gasteiger charge is -2.21. The quantitative estimate of drug-likeness (QED) is 0.667. The molecule has 1 aliphatic carbocycles. The highest BCUT2D eigenvalue weighted by Gasteiger charge is 2.28. The van der Waals surface area contributed by atoms with Gasteiger partial charge in [-0.25, -0.2) is 0 Å². The minimum atomic E-state index is -0.0765. The molecule has 1 fully saturated rings. The maximum atomic E-state index is 12.1. The van der Waals surface area contributed by atoms with Gasteiger partial charge < -0.3 is 15.2 Å². The van der Waals surface area contributed by atoms with Crippen LogP contribution in [-0.2, 0) is 16.0 Å². The van der Waals surface area contributed by atoms with Crippen LogP contribution in [0.4, 0.5) is 0 Å². The molecule has 0 radical (unpaired) electrons. The largest absolute Gasteiger partial charge is 0.361 e. The van der Waals surface area contributed by atoms with Crippen molar-refractivity contribution in [3.63, 3.8) is 0 Å². The molecule has 0 bridgehead atoms. The van der Waals surface area contributed by atoms with Gasteiger partial charge in [-0.2, -0.15) is 0 Å². The lowest BCUT2D eigenvalue weighted by molar-refractivity contribution is -0.122. The molecule has 1 saturated carbocycles. The van der Waals surface area contributed by atoms with Crippen molar-refractivity contribution in [2.45, 2.75) is 64.5 Å². The molecule has 0 aliphatic heterocycles. The van der Waals surface area contributed by atoms with Gasteiger partial charge in [-0.3, -0.25) is 14.5 Å². The summed E-state index contributed by atoms with van der Waals surface area (Å²) in [4.78, 5) is 25.9. The van der Waals surface area contributed by atoms with Crippen molar-refractivity contribution in [3.8, 4) is 0 Å². The molecule has 2 atom stereocenters. The van der Waals surface area contributed by atoms with E-state index in [-0.39, 0.29) is 30.3 Å². The van der Waals surface area contributed by atoms with Gasteiger partial charge in [0.25, 0.3) is 0 Å². The third-order valence-electron chi connectivity index (χ3n) is 4.37. The molecule has 2 rings (SSSR count). The predicted molar refractivity (Wildman–Crippen MR) is 95.2 cm³/mol. The fraction of sp³-hybridized carbons (Fsp3) is 0.722. The highest BCUT2D eigenvalue weighted by atomic mass is 16.5. The topological polar surface area (TPSA) is 87.5 Å². The minimum Gasteiger partial charge on any atom is -0.361 e. The molecule has 1 aromatic heterocycles. The Hall–Kier alpha value is -1.89. The van der Waals surface area contributed by atoms with Crippen molar-refractivity contribution in [2.24, 2.45) is 0 Å². The smallest absolute Gasteiger partial charge is 0.234 e. The van der Waals surface area contributed by atoms with Crippen LogP contribution in [0.1, 0.15) is 57.4 Å². The Balaban J connectivity index is 1.68. The van der Waals surface area contributed by atoms with Crippen LogP contribution < -0.4 is 10.6 Å². The van der Waals surface area contributed by atoms with Crippen LogP contribution in [0.5, 0.6) is 0 Å². The SMILES string of the molecule is CCN(C)CC(=O)NC(C)CC(C)NC(=O)Cc1cc(C2CC2)on1. The third kappa shape index (κ3) is 6.86. The predicted octanol–water partition coefficient (Wildman–Crippen LogP) is 1.45. The number of aromatic nitrogens is 1. The van der Waals surface area contributed by atoms with E-state index in [4.69, 9.17) is 4.52 Å². The lowest BCUT2D eigenvalue weighted by Crippen LogP contribution is -2.43. The molecule has 1 heterocycles. The summed E-state index contributed by atoms with van der Waals surface area (Å²) in [6.45, 7) is 7.12. The number of likely N-dealkylation sites (N-methyl/N-ethyl adjacent to an activating group) is 1. The van der Waals surface area contributed by atoms with E-state index in [0.717, 1.165) is 25.1 Å². The zero-order valence-corrected chi connectivity index (χ0v) is 15.7. The van der Waals surface area contributed by atoms with Crippen LogP contribution in [0.3, 0.4) is 0 Å². The number of nitrogens with one attached hydrogen (secondary N) is 2. The molecular weight excluding hydrogens is 320 g/mol. The Morgan fingerprint density at radius 3 is 2.52 bits per heavy atom. The summed E-state index contributed by atoms with van der Waals surface area (Å²) in [7, 11) is 1.91. The molecule has 25 heavy (non-hydrogen) atoms. The Labute approximate surface area is 149 Å². The summed E-state index contributed by atoms with van der Waals surface area (Å²) in [6, 6.07) is 1.86. The molecule has 7 nitrogen and oxygen atoms in total. The first kappa shape index (κ1) is 19.4. The maximum absolute atomic E-state index is 12.1. The summed E-state index contributed by atoms with van der Waals surface area (Å²) >= 11 is 0. The van der Waals surface area contributed by atoms with E-state index < -0.39 is 0 Å². The van der Waals surface area contributed by atoms with Gasteiger partial charge in [0.15, 0.2) is 0 Å². The van der Waals surface area contributed by atoms with Crippen LogP contribution in [0.15, 0.2) is 10.6 Å². The zero-order chi connectivity index (χ0) is 18.4. The van der Waals surface area contributed by atoms with Crippen molar-refractivity contribution in [1.82, 2.24) is 20.7 Å². The van der Waals surface area contributed by atoms with Gasteiger partial charge in [0.2, 0.25) is 11.8 Å². The van der Waals surface area contributed by atoms with Crippen LogP contribution in [0, 0.1) is 0 Å². The summed E-state index contributed by atoms with van der Waals surface area (Å²) in [5, 5.41) is 9.88. The van der Waals surface area contributed by atoms with E-state index in [0.29, 0.717) is 24.6 Å². The second-order valence-corrected chi connectivity index (χ2v) is 7.17. The Bertz CT molecular complexity index is 583. The van der Waals surface area contributed by atoms with E-state index in [9.17, 15) is 9.59 Å². The van der Waals surface area contributed by atoms with Gasteiger partial charge in [-0.1, -0.05) is 12.1 Å². The molecule has 1 aromatic rings. The van der Waals surface area contributed by atoms with Gasteiger partial charge in [0.1, 0.15) is 5.76 Å². The van der Waals surface area contributed by atoms with Gasteiger partial charge in [0.05, 0.1) is 18.7 Å². The van der Waals surface area contributed by atoms with Crippen LogP contribution >= 0.6 is 0 Å². The number of carbonyl (C=O) groups is 2. The number of hydrogen-bond acceptors (Lipinski definition) is 5. The van der Waals surface area contributed by atoms with Crippen LogP contribution in [0.2, 0.25) is 0 Å². The number of rotatable bonds is 10. The van der Waals surface area contributed by atoms with E-state index in [1.165, 1.54) is 0 Å². The third-order valence-corrected chi connectivity index (χ3v) is 4.37. The molecule has 2 N–H and O–H groups in total. The molecule has 7 heteroatoms. The van der Waals surface area contributed by atoms with Gasteiger partial charge in [-0.15, -0.1) is 0 Å². The molecule has 1 aliphatic rings. The first-order valence-corrected chi connectivity index (χ1v) is 9.10. The number of carbonyl (C=O) groups excluding carboxylic acids is 2. The molecule has 0 aromatic carbocycles. The van der Waals surface area contributed by atoms with Crippen molar-refractivity contribution in [1.29, 1.82) is 0 Å². The zero-order valence-electron chi connectivity index (χ0n) is 15.7. The highest BCUT2D eigenvalue weighted by Crippen LogP contribution is 2.40. The van der Waals surface area contributed by atoms with E-state index in [2.05, 4.69) is 15.8 Å². The molecular formula is C18H30N4O3. The summed E-state index contributed by atoms with van der Waals surface area (Å²) in [6.07, 6.45) is 3.20. The van der Waals surface area contributed by atoms with Crippen molar-refractivity contribution in [2.75, 3.05) is 20.1 Å². The summed E-state index contributed by atoms with van der Waals surface area (Å²) < 4.78 is 5.26. The van der Waals surface area contributed by atoms with Crippen molar-refractivity contribution in [3.05, 3.63) is 17.5 Å². The van der Waals surface area contributed by atoms with Gasteiger partial charge in [0, 0.05) is 24.1 Å². The first-order valence-electron chi connectivity index (χ1n) is 9.10. The summed E-state index contributed by atoms with van der Waals surface area (Å²) in [5.74, 6) is 1.32. The van der Waals surface area contributed by atoms with Crippen molar-refractivity contribution >= 4 is 11.8 Å². The van der Waals surface area contributed by atoms with Gasteiger partial charge in [-0.05, 0) is 46.7 Å². The summed E-state index contributed by atoms with van der Waals surface area (Å²) in [5.41, 5.74) is 0.676. The second-order valence-electron chi connectivity index (χ2n) is 7.17. The Morgan fingerprint density at radius 2 is 1.92 bits per heavy atom. The molecule has 2 unspecified atom stereocenters. The first-order chi connectivity index (χ1) is 11.9. The standard InChI is InChI=1S/C18H30N4O3/c1-5-22(4)11-18(24)20-13(3)8-12(2)19-17(23)10-15-9-16(25-21-15)14-6-7-14/h9,12-14H,5-8,10-11H2,1-4H3,(H,19,23)(H,20,24). The molecule has 0 saturated heterocycles. The van der Waals surface area contributed by atoms with Crippen molar-refractivity contribution < 1.29 is 14.1 Å². The fourth-order valence-electron chi connectivity index (χ4n) is 2.79. The fourth-order valence-corrected chi connectivity index (χ4v) is 2.79. The maximum Gasteiger partial charge on any atom is 0.234 e. The van der Waals surface area contributed by atoms with E-state index >= 15 is 0 Å².